The van der Waals surface area contributed by atoms with Gasteiger partial charge in [0.2, 0.25) is 0 Å². The first-order chi connectivity index (χ1) is 5.25. The standard InChI is InChI=1S/C7H13N3S/c1-4-11-6(2)7-9-8-5-10(7)3/h5-6H,4H2,1-3H3. The zero-order chi connectivity index (χ0) is 8.27. The van der Waals surface area contributed by atoms with Gasteiger partial charge in [-0.2, -0.15) is 11.8 Å². The van der Waals surface area contributed by atoms with Crippen LogP contribution in [-0.4, -0.2) is 20.5 Å². The number of thioether (sulfide) groups is 1. The Hall–Kier alpha value is -0.510. The van der Waals surface area contributed by atoms with E-state index in [1.807, 2.05) is 23.4 Å². The molecule has 4 heteroatoms. The van der Waals surface area contributed by atoms with E-state index in [4.69, 9.17) is 0 Å². The molecule has 0 aromatic carbocycles. The van der Waals surface area contributed by atoms with Crippen molar-refractivity contribution in [3.8, 4) is 0 Å². The fraction of sp³-hybridized carbons (Fsp3) is 0.714. The van der Waals surface area contributed by atoms with Crippen LogP contribution in [0.25, 0.3) is 0 Å². The monoisotopic (exact) mass is 171 g/mol. The Morgan fingerprint density at radius 1 is 1.73 bits per heavy atom. The number of aromatic nitrogens is 3. The highest BCUT2D eigenvalue weighted by atomic mass is 32.2. The molecule has 1 atom stereocenters. The van der Waals surface area contributed by atoms with Crippen molar-refractivity contribution in [2.24, 2.45) is 7.05 Å². The molecule has 1 aromatic rings. The molecule has 0 spiro atoms. The summed E-state index contributed by atoms with van der Waals surface area (Å²) in [5, 5.41) is 8.30. The highest BCUT2D eigenvalue weighted by molar-refractivity contribution is 7.99. The van der Waals surface area contributed by atoms with Gasteiger partial charge in [-0.1, -0.05) is 6.92 Å². The Labute approximate surface area is 71.2 Å². The topological polar surface area (TPSA) is 30.7 Å². The molecule has 0 saturated carbocycles. The van der Waals surface area contributed by atoms with E-state index < -0.39 is 0 Å². The summed E-state index contributed by atoms with van der Waals surface area (Å²) in [5.74, 6) is 2.17. The lowest BCUT2D eigenvalue weighted by Gasteiger charge is -2.07. The second-order valence-electron chi connectivity index (χ2n) is 2.40. The Kier molecular flexibility index (Phi) is 2.93. The van der Waals surface area contributed by atoms with Gasteiger partial charge in [0.05, 0.1) is 5.25 Å². The van der Waals surface area contributed by atoms with Crippen LogP contribution < -0.4 is 0 Å². The van der Waals surface area contributed by atoms with Gasteiger partial charge in [0.15, 0.2) is 0 Å². The first-order valence-electron chi connectivity index (χ1n) is 3.71. The molecule has 0 fully saturated rings. The van der Waals surface area contributed by atoms with E-state index in [0.717, 1.165) is 11.6 Å². The zero-order valence-corrected chi connectivity index (χ0v) is 7.93. The lowest BCUT2D eigenvalue weighted by molar-refractivity contribution is 0.796. The third kappa shape index (κ3) is 1.96. The molecule has 11 heavy (non-hydrogen) atoms. The molecule has 0 amide bonds. The summed E-state index contributed by atoms with van der Waals surface area (Å²) in [6.45, 7) is 4.30. The minimum absolute atomic E-state index is 0.451. The van der Waals surface area contributed by atoms with Gasteiger partial charge < -0.3 is 4.57 Å². The van der Waals surface area contributed by atoms with Crippen LogP contribution in [0.2, 0.25) is 0 Å². The third-order valence-electron chi connectivity index (χ3n) is 1.53. The van der Waals surface area contributed by atoms with Crippen LogP contribution in [-0.2, 0) is 7.05 Å². The Morgan fingerprint density at radius 3 is 2.91 bits per heavy atom. The number of rotatable bonds is 3. The molecule has 0 bridgehead atoms. The molecule has 0 aliphatic heterocycles. The number of nitrogens with zero attached hydrogens (tertiary/aromatic N) is 3. The van der Waals surface area contributed by atoms with Crippen LogP contribution in [0, 0.1) is 0 Å². The van der Waals surface area contributed by atoms with Crippen LogP contribution in [0.15, 0.2) is 6.33 Å². The molecule has 0 aliphatic rings. The van der Waals surface area contributed by atoms with Crippen LogP contribution in [0.1, 0.15) is 24.9 Å². The SMILES string of the molecule is CCSC(C)c1nncn1C. The number of hydrogen-bond acceptors (Lipinski definition) is 3. The van der Waals surface area contributed by atoms with Crippen LogP contribution in [0.5, 0.6) is 0 Å². The molecule has 0 N–H and O–H groups in total. The summed E-state index contributed by atoms with van der Waals surface area (Å²) in [7, 11) is 1.97. The zero-order valence-electron chi connectivity index (χ0n) is 7.11. The maximum atomic E-state index is 4.03. The molecule has 1 aromatic heterocycles. The first kappa shape index (κ1) is 8.59. The Morgan fingerprint density at radius 2 is 2.45 bits per heavy atom. The fourth-order valence-electron chi connectivity index (χ4n) is 0.985. The van der Waals surface area contributed by atoms with Gasteiger partial charge in [-0.05, 0) is 12.7 Å². The largest absolute Gasteiger partial charge is 0.320 e. The summed E-state index contributed by atoms with van der Waals surface area (Å²) in [6.07, 6.45) is 1.74. The average Bonchev–Trinajstić information content (AvgIpc) is 2.36. The average molecular weight is 171 g/mol. The maximum Gasteiger partial charge on any atom is 0.145 e. The normalized spacial score (nSPS) is 13.4. The summed E-state index contributed by atoms with van der Waals surface area (Å²) in [5.41, 5.74) is 0. The predicted molar refractivity (Wildman–Crippen MR) is 47.6 cm³/mol. The molecule has 1 rings (SSSR count). The van der Waals surface area contributed by atoms with E-state index in [1.165, 1.54) is 0 Å². The van der Waals surface area contributed by atoms with Crippen molar-refractivity contribution < 1.29 is 0 Å². The van der Waals surface area contributed by atoms with Crippen molar-refractivity contribution in [3.05, 3.63) is 12.2 Å². The van der Waals surface area contributed by atoms with Crippen LogP contribution >= 0.6 is 11.8 Å². The van der Waals surface area contributed by atoms with E-state index in [0.29, 0.717) is 5.25 Å². The minimum atomic E-state index is 0.451. The van der Waals surface area contributed by atoms with Crippen molar-refractivity contribution in [3.63, 3.8) is 0 Å². The second-order valence-corrected chi connectivity index (χ2v) is 4.02. The highest BCUT2D eigenvalue weighted by Gasteiger charge is 2.09. The van der Waals surface area contributed by atoms with Gasteiger partial charge in [0.1, 0.15) is 12.2 Å². The molecule has 1 heterocycles. The second kappa shape index (κ2) is 3.76. The van der Waals surface area contributed by atoms with Gasteiger partial charge in [-0.25, -0.2) is 0 Å². The molecular formula is C7H13N3S. The summed E-state index contributed by atoms with van der Waals surface area (Å²) in [6, 6.07) is 0. The van der Waals surface area contributed by atoms with Crippen molar-refractivity contribution in [1.82, 2.24) is 14.8 Å². The molecule has 62 valence electrons. The third-order valence-corrected chi connectivity index (χ3v) is 2.57. The minimum Gasteiger partial charge on any atom is -0.320 e. The van der Waals surface area contributed by atoms with Crippen LogP contribution in [0.3, 0.4) is 0 Å². The first-order valence-corrected chi connectivity index (χ1v) is 4.76. The quantitative estimate of drug-likeness (QED) is 0.692. The maximum absolute atomic E-state index is 4.03. The van der Waals surface area contributed by atoms with Gasteiger partial charge in [-0.3, -0.25) is 0 Å². The van der Waals surface area contributed by atoms with E-state index in [1.54, 1.807) is 6.33 Å². The van der Waals surface area contributed by atoms with Crippen LogP contribution in [0.4, 0.5) is 0 Å². The van der Waals surface area contributed by atoms with E-state index >= 15 is 0 Å². The lowest BCUT2D eigenvalue weighted by Crippen LogP contribution is -1.99. The highest BCUT2D eigenvalue weighted by Crippen LogP contribution is 2.24. The lowest BCUT2D eigenvalue weighted by atomic mass is 10.4. The van der Waals surface area contributed by atoms with E-state index in [2.05, 4.69) is 24.0 Å². The van der Waals surface area contributed by atoms with Gasteiger partial charge in [-0.15, -0.1) is 10.2 Å². The van der Waals surface area contributed by atoms with E-state index in [-0.39, 0.29) is 0 Å². The van der Waals surface area contributed by atoms with Crippen molar-refractivity contribution in [1.29, 1.82) is 0 Å². The summed E-state index contributed by atoms with van der Waals surface area (Å²) < 4.78 is 1.97. The molecule has 1 unspecified atom stereocenters. The Bertz CT molecular complexity index is 221. The smallest absolute Gasteiger partial charge is 0.145 e. The molecule has 3 nitrogen and oxygen atoms in total. The Balaban J connectivity index is 2.67. The molecule has 0 radical (unpaired) electrons. The number of hydrogen-bond donors (Lipinski definition) is 0. The van der Waals surface area contributed by atoms with Crippen molar-refractivity contribution in [2.45, 2.75) is 19.1 Å². The van der Waals surface area contributed by atoms with Gasteiger partial charge in [0, 0.05) is 7.05 Å². The van der Waals surface area contributed by atoms with Crippen molar-refractivity contribution in [2.75, 3.05) is 5.75 Å². The predicted octanol–water partition coefficient (Wildman–Crippen LogP) is 1.63. The summed E-state index contributed by atoms with van der Waals surface area (Å²) >= 11 is 1.88. The van der Waals surface area contributed by atoms with Gasteiger partial charge in [0.25, 0.3) is 0 Å². The molecular weight excluding hydrogens is 158 g/mol. The fourth-order valence-corrected chi connectivity index (χ4v) is 1.85. The molecule has 0 saturated heterocycles. The summed E-state index contributed by atoms with van der Waals surface area (Å²) in [4.78, 5) is 0. The van der Waals surface area contributed by atoms with E-state index in [9.17, 15) is 0 Å². The van der Waals surface area contributed by atoms with Gasteiger partial charge >= 0.3 is 0 Å². The molecule has 0 aliphatic carbocycles. The number of aryl methyl sites for hydroxylation is 1. The van der Waals surface area contributed by atoms with Crippen molar-refractivity contribution >= 4 is 11.8 Å².